The van der Waals surface area contributed by atoms with Gasteiger partial charge in [-0.1, -0.05) is 52.8 Å². The van der Waals surface area contributed by atoms with Crippen LogP contribution in [0.15, 0.2) is 48.7 Å². The Hall–Kier alpha value is -6.12. The maximum atomic E-state index is 13.9. The van der Waals surface area contributed by atoms with E-state index in [2.05, 4.69) is 63.9 Å². The number of hydrogen-bond donors (Lipinski definition) is 4. The number of H-pyrrole nitrogens is 2. The van der Waals surface area contributed by atoms with Crippen LogP contribution in [0.2, 0.25) is 0 Å². The third-order valence-corrected chi connectivity index (χ3v) is 12.0. The second-order valence-electron chi connectivity index (χ2n) is 16.7. The van der Waals surface area contributed by atoms with Crippen LogP contribution in [0.25, 0.3) is 44.2 Å². The third kappa shape index (κ3) is 7.42. The summed E-state index contributed by atoms with van der Waals surface area (Å²) in [7, 11) is 2.58. The number of nitrogens with one attached hydrogen (secondary N) is 4. The van der Waals surface area contributed by atoms with Crippen LogP contribution in [0, 0.1) is 17.8 Å². The van der Waals surface area contributed by atoms with Gasteiger partial charge in [-0.05, 0) is 83.4 Å². The predicted octanol–water partition coefficient (Wildman–Crippen LogP) is 7.00. The molecule has 15 nitrogen and oxygen atoms in total. The predicted molar refractivity (Wildman–Crippen MR) is 221 cm³/mol. The van der Waals surface area contributed by atoms with Gasteiger partial charge in [0, 0.05) is 24.0 Å². The number of aromatic nitrogens is 4. The fourth-order valence-electron chi connectivity index (χ4n) is 8.90. The summed E-state index contributed by atoms with van der Waals surface area (Å²) in [5.41, 5.74) is 6.59. The summed E-state index contributed by atoms with van der Waals surface area (Å²) in [6.45, 7) is 11.3. The van der Waals surface area contributed by atoms with Crippen molar-refractivity contribution >= 4 is 45.8 Å². The molecule has 8 rings (SSSR count). The van der Waals surface area contributed by atoms with E-state index in [1.54, 1.807) is 0 Å². The maximum absolute atomic E-state index is 13.9. The molecular formula is C44H52N8O7. The highest BCUT2D eigenvalue weighted by atomic mass is 16.5. The van der Waals surface area contributed by atoms with Gasteiger partial charge in [-0.2, -0.15) is 0 Å². The lowest BCUT2D eigenvalue weighted by Crippen LogP contribution is -2.51. The number of hydrogen-bond acceptors (Lipinski definition) is 9. The number of aromatic amines is 2. The molecule has 2 fully saturated rings. The number of imidazole rings is 2. The van der Waals surface area contributed by atoms with Crippen LogP contribution in [0.5, 0.6) is 5.75 Å². The van der Waals surface area contributed by atoms with E-state index in [0.29, 0.717) is 31.3 Å². The average molecular weight is 805 g/mol. The van der Waals surface area contributed by atoms with Gasteiger partial charge in [-0.3, -0.25) is 9.59 Å². The Morgan fingerprint density at radius 2 is 1.56 bits per heavy atom. The van der Waals surface area contributed by atoms with Gasteiger partial charge in [-0.25, -0.2) is 19.6 Å². The highest BCUT2D eigenvalue weighted by Gasteiger charge is 2.41. The minimum atomic E-state index is -0.720. The monoisotopic (exact) mass is 804 g/mol. The molecule has 0 radical (unpaired) electrons. The first-order valence-electron chi connectivity index (χ1n) is 20.4. The van der Waals surface area contributed by atoms with Crippen molar-refractivity contribution < 1.29 is 33.4 Å². The molecule has 0 saturated carbocycles. The first-order chi connectivity index (χ1) is 28.3. The van der Waals surface area contributed by atoms with Crippen LogP contribution in [0.3, 0.4) is 0 Å². The molecule has 5 unspecified atom stereocenters. The maximum Gasteiger partial charge on any atom is 0.407 e. The standard InChI is InChI=1S/C44H52N8O7/c1-22(2)36(49-43(55)57-6)41(53)51-14-8-9-33(51)39-45-19-32(47-39)26-10-12-28-27(16-26)21-59-35-18-29-25(17-30(28)35)11-13-31-38(29)48-40(46-31)34-15-24(5)20-52(34)42(54)37(23(3)4)50-44(56)58-7/h10-13,16-19,22-24,33-34,36-37H,8-9,14-15,20-21H2,1-7H3,(H,45,47)(H,46,48)(H,49,55)(H,50,56). The summed E-state index contributed by atoms with van der Waals surface area (Å²) in [6.07, 6.45) is 2.90. The number of amides is 4. The quantitative estimate of drug-likeness (QED) is 0.122. The molecule has 310 valence electrons. The van der Waals surface area contributed by atoms with Crippen molar-refractivity contribution in [3.8, 4) is 28.1 Å². The van der Waals surface area contributed by atoms with Crippen molar-refractivity contribution in [3.05, 3.63) is 65.9 Å². The largest absolute Gasteiger partial charge is 0.488 e. The molecule has 4 N–H and O–H groups in total. The number of alkyl carbamates (subject to hydrolysis) is 2. The summed E-state index contributed by atoms with van der Waals surface area (Å²) in [4.78, 5) is 72.2. The van der Waals surface area contributed by atoms with E-state index in [0.717, 1.165) is 74.8 Å². The van der Waals surface area contributed by atoms with Crippen LogP contribution in [0.1, 0.15) is 83.2 Å². The number of likely N-dealkylation sites (tertiary alicyclic amines) is 2. The van der Waals surface area contributed by atoms with Gasteiger partial charge >= 0.3 is 12.2 Å². The molecule has 15 heteroatoms. The number of rotatable bonds is 9. The molecule has 5 heterocycles. The smallest absolute Gasteiger partial charge is 0.407 e. The topological polar surface area (TPSA) is 184 Å². The van der Waals surface area contributed by atoms with Crippen LogP contribution in [-0.2, 0) is 25.7 Å². The minimum Gasteiger partial charge on any atom is -0.488 e. The van der Waals surface area contributed by atoms with E-state index in [1.807, 2.05) is 49.8 Å². The highest BCUT2D eigenvalue weighted by molar-refractivity contribution is 6.07. The molecule has 3 aromatic carbocycles. The lowest BCUT2D eigenvalue weighted by atomic mass is 9.92. The molecular weight excluding hydrogens is 753 g/mol. The Bertz CT molecular complexity index is 2440. The van der Waals surface area contributed by atoms with Crippen molar-refractivity contribution in [2.45, 2.75) is 84.7 Å². The molecule has 3 aliphatic heterocycles. The van der Waals surface area contributed by atoms with Crippen molar-refractivity contribution in [1.82, 2.24) is 40.4 Å². The number of benzene rings is 3. The summed E-state index contributed by atoms with van der Waals surface area (Å²) < 4.78 is 16.0. The SMILES string of the molecule is COC(=O)NC(C(=O)N1CCCC1c1ncc(-c2ccc3c(c2)COc2cc4c(ccc5[nH]c(C6CC(C)CN6C(=O)C(NC(=O)OC)C(C)C)nc54)cc2-3)[nH]1)C(C)C. The Labute approximate surface area is 342 Å². The molecule has 0 bridgehead atoms. The zero-order valence-corrected chi connectivity index (χ0v) is 34.5. The molecule has 0 aliphatic carbocycles. The van der Waals surface area contributed by atoms with Crippen molar-refractivity contribution in [3.63, 3.8) is 0 Å². The van der Waals surface area contributed by atoms with Gasteiger partial charge in [0.15, 0.2) is 0 Å². The second-order valence-corrected chi connectivity index (χ2v) is 16.7. The Balaban J connectivity index is 1.04. The third-order valence-electron chi connectivity index (χ3n) is 12.0. The van der Waals surface area contributed by atoms with Crippen LogP contribution in [-0.4, -0.2) is 93.1 Å². The number of ether oxygens (including phenoxy) is 3. The lowest BCUT2D eigenvalue weighted by Gasteiger charge is -2.30. The molecule has 0 spiro atoms. The number of carbonyl (C=O) groups excluding carboxylic acids is 4. The number of nitrogens with zero attached hydrogens (tertiary/aromatic N) is 4. The van der Waals surface area contributed by atoms with E-state index < -0.39 is 24.3 Å². The first kappa shape index (κ1) is 39.7. The van der Waals surface area contributed by atoms with Crippen molar-refractivity contribution in [1.29, 1.82) is 0 Å². The van der Waals surface area contributed by atoms with Gasteiger partial charge in [0.1, 0.15) is 36.1 Å². The van der Waals surface area contributed by atoms with Gasteiger partial charge < -0.3 is 44.6 Å². The Morgan fingerprint density at radius 3 is 2.25 bits per heavy atom. The van der Waals surface area contributed by atoms with Gasteiger partial charge in [0.25, 0.3) is 0 Å². The van der Waals surface area contributed by atoms with Crippen molar-refractivity contribution in [2.75, 3.05) is 27.3 Å². The van der Waals surface area contributed by atoms with E-state index in [4.69, 9.17) is 24.2 Å². The van der Waals surface area contributed by atoms with E-state index >= 15 is 0 Å². The second kappa shape index (κ2) is 15.9. The lowest BCUT2D eigenvalue weighted by molar-refractivity contribution is -0.136. The molecule has 4 amide bonds. The van der Waals surface area contributed by atoms with E-state index in [1.165, 1.54) is 14.2 Å². The molecule has 5 atom stereocenters. The molecule has 2 saturated heterocycles. The molecule has 2 aromatic heterocycles. The average Bonchev–Trinajstić information content (AvgIpc) is 4.06. The fourth-order valence-corrected chi connectivity index (χ4v) is 8.90. The zero-order chi connectivity index (χ0) is 41.7. The van der Waals surface area contributed by atoms with Gasteiger partial charge in [-0.15, -0.1) is 0 Å². The summed E-state index contributed by atoms with van der Waals surface area (Å²) in [6, 6.07) is 12.7. The molecule has 5 aromatic rings. The number of fused-ring (bicyclic) bond motifs is 6. The fraction of sp³-hybridized carbons (Fsp3) is 0.455. The van der Waals surface area contributed by atoms with E-state index in [9.17, 15) is 19.2 Å². The zero-order valence-electron chi connectivity index (χ0n) is 34.5. The van der Waals surface area contributed by atoms with Crippen LogP contribution in [0.4, 0.5) is 9.59 Å². The Morgan fingerprint density at radius 1 is 0.847 bits per heavy atom. The first-order valence-corrected chi connectivity index (χ1v) is 20.4. The van der Waals surface area contributed by atoms with Gasteiger partial charge in [0.05, 0.1) is 49.2 Å². The summed E-state index contributed by atoms with van der Waals surface area (Å²) in [5, 5.41) is 7.40. The number of carbonyl (C=O) groups is 4. The Kier molecular flexibility index (Phi) is 10.7. The van der Waals surface area contributed by atoms with Crippen molar-refractivity contribution in [2.24, 2.45) is 17.8 Å². The van der Waals surface area contributed by atoms with Gasteiger partial charge in [0.2, 0.25) is 11.8 Å². The number of methoxy groups -OCH3 is 2. The summed E-state index contributed by atoms with van der Waals surface area (Å²) >= 11 is 0. The highest BCUT2D eigenvalue weighted by Crippen LogP contribution is 2.44. The normalized spacial score (nSPS) is 19.7. The summed E-state index contributed by atoms with van der Waals surface area (Å²) in [5.74, 6) is 1.90. The van der Waals surface area contributed by atoms with Crippen LogP contribution < -0.4 is 15.4 Å². The molecule has 3 aliphatic rings. The van der Waals surface area contributed by atoms with Crippen LogP contribution >= 0.6 is 0 Å². The molecule has 59 heavy (non-hydrogen) atoms. The minimum absolute atomic E-state index is 0.117. The van der Waals surface area contributed by atoms with E-state index in [-0.39, 0.29) is 41.7 Å².